The molecule has 0 saturated carbocycles. The Morgan fingerprint density at radius 1 is 0.194 bits per heavy atom. The standard InChI is InChI=1S/C62H30/c1-23-17-27-11-13-33-29-7-5-9-31-35-15-16-36-32-10-6-8-30-34-14-12-28-18-24(2)20-38-40-22-26(4)42-41-25(3)21-39-37(19-23)43(27)47(33)57-51(39)53(41)61-59(55(57)45(29)31)49(35)50(36)60-56(46(30)32)58(48(34)44(28)38)52(40)54(42)62(60)61/h5-22H,1-4H3. The highest BCUT2D eigenvalue weighted by atomic mass is 14.4. The van der Waals surface area contributed by atoms with Gasteiger partial charge in [-0.1, -0.05) is 109 Å². The van der Waals surface area contributed by atoms with E-state index in [0.717, 1.165) is 0 Å². The topological polar surface area (TPSA) is 0 Å². The monoisotopic (exact) mass is 774 g/mol. The molecule has 19 aromatic carbocycles. The average molecular weight is 775 g/mol. The largest absolute Gasteiger partial charge is 0.0610 e. The molecule has 19 aromatic rings. The fourth-order valence-corrected chi connectivity index (χ4v) is 15.5. The summed E-state index contributed by atoms with van der Waals surface area (Å²) in [7, 11) is 0. The van der Waals surface area contributed by atoms with Crippen molar-refractivity contribution >= 4 is 194 Å². The molecule has 278 valence electrons. The second-order valence-electron chi connectivity index (χ2n) is 19.9. The Hall–Kier alpha value is -7.54. The van der Waals surface area contributed by atoms with Gasteiger partial charge >= 0.3 is 0 Å². The van der Waals surface area contributed by atoms with Crippen molar-refractivity contribution in [2.45, 2.75) is 27.7 Å². The molecule has 0 nitrogen and oxygen atoms in total. The molecule has 0 N–H and O–H groups in total. The Morgan fingerprint density at radius 2 is 0.468 bits per heavy atom. The van der Waals surface area contributed by atoms with Crippen LogP contribution in [0.3, 0.4) is 0 Å². The zero-order chi connectivity index (χ0) is 39.8. The Balaban J connectivity index is 1.32. The van der Waals surface area contributed by atoms with Crippen molar-refractivity contribution in [3.05, 3.63) is 131 Å². The Labute approximate surface area is 351 Å². The van der Waals surface area contributed by atoms with E-state index in [2.05, 4.69) is 137 Å². The maximum atomic E-state index is 2.60. The van der Waals surface area contributed by atoms with E-state index in [1.54, 1.807) is 0 Å². The highest BCUT2D eigenvalue weighted by Gasteiger charge is 2.35. The summed E-state index contributed by atoms with van der Waals surface area (Å²) >= 11 is 0. The van der Waals surface area contributed by atoms with E-state index in [4.69, 9.17) is 0 Å². The van der Waals surface area contributed by atoms with Crippen molar-refractivity contribution in [3.8, 4) is 0 Å². The van der Waals surface area contributed by atoms with Crippen LogP contribution >= 0.6 is 0 Å². The van der Waals surface area contributed by atoms with Gasteiger partial charge in [-0.3, -0.25) is 0 Å². The van der Waals surface area contributed by atoms with Gasteiger partial charge < -0.3 is 0 Å². The summed E-state index contributed by atoms with van der Waals surface area (Å²) in [6, 6.07) is 44.1. The molecule has 0 unspecified atom stereocenters. The molecule has 0 aromatic heterocycles. The minimum atomic E-state index is 1.32. The highest BCUT2D eigenvalue weighted by Crippen LogP contribution is 2.64. The van der Waals surface area contributed by atoms with Crippen LogP contribution in [0.2, 0.25) is 0 Å². The van der Waals surface area contributed by atoms with Crippen molar-refractivity contribution in [1.82, 2.24) is 0 Å². The van der Waals surface area contributed by atoms with E-state index in [0.29, 0.717) is 0 Å². The van der Waals surface area contributed by atoms with Crippen LogP contribution in [0.4, 0.5) is 0 Å². The molecular weight excluding hydrogens is 745 g/mol. The van der Waals surface area contributed by atoms with Gasteiger partial charge in [0.1, 0.15) is 0 Å². The number of rotatable bonds is 0. The first-order valence-corrected chi connectivity index (χ1v) is 22.4. The summed E-state index contributed by atoms with van der Waals surface area (Å²) < 4.78 is 0. The van der Waals surface area contributed by atoms with E-state index < -0.39 is 0 Å². The summed E-state index contributed by atoms with van der Waals surface area (Å²) in [5.74, 6) is 0. The van der Waals surface area contributed by atoms with Crippen molar-refractivity contribution in [3.63, 3.8) is 0 Å². The molecule has 0 aliphatic rings. The lowest BCUT2D eigenvalue weighted by Gasteiger charge is -2.32. The van der Waals surface area contributed by atoms with Crippen LogP contribution < -0.4 is 0 Å². The molecular formula is C62H30. The second kappa shape index (κ2) is 8.64. The third kappa shape index (κ3) is 2.59. The van der Waals surface area contributed by atoms with Gasteiger partial charge in [0.2, 0.25) is 0 Å². The van der Waals surface area contributed by atoms with E-state index in [1.807, 2.05) is 0 Å². The Morgan fingerprint density at radius 3 is 0.887 bits per heavy atom. The average Bonchev–Trinajstić information content (AvgIpc) is 3.28. The molecule has 19 rings (SSSR count). The summed E-state index contributed by atoms with van der Waals surface area (Å²) in [5, 5.41) is 51.7. The molecule has 0 heteroatoms. The summed E-state index contributed by atoms with van der Waals surface area (Å²) in [6.45, 7) is 9.42. The van der Waals surface area contributed by atoms with Crippen LogP contribution in [0.15, 0.2) is 109 Å². The third-order valence-electron chi connectivity index (χ3n) is 17.1. The lowest BCUT2D eigenvalue weighted by molar-refractivity contribution is 1.52. The predicted molar refractivity (Wildman–Crippen MR) is 272 cm³/mol. The zero-order valence-corrected chi connectivity index (χ0v) is 34.4. The summed E-state index contributed by atoms with van der Waals surface area (Å²) in [5.41, 5.74) is 5.42. The normalized spacial score (nSPS) is 14.1. The number of hydrogen-bond acceptors (Lipinski definition) is 0. The highest BCUT2D eigenvalue weighted by molar-refractivity contribution is 6.65. The van der Waals surface area contributed by atoms with Crippen LogP contribution in [0, 0.1) is 27.7 Å². The van der Waals surface area contributed by atoms with Gasteiger partial charge in [-0.2, -0.15) is 0 Å². The van der Waals surface area contributed by atoms with Crippen LogP contribution in [0.5, 0.6) is 0 Å². The van der Waals surface area contributed by atoms with E-state index in [-0.39, 0.29) is 0 Å². The maximum Gasteiger partial charge on any atom is -0.0000138 e. The SMILES string of the molecule is Cc1cc2ccc3c4cccc5c6ccc7c8cccc9c%10ccc%11cc(C)cc%12c%13cc(C)c%14c%15c(C)cc%16c(c1)c2c3c1c%16c%15c2c(c6c7c3c(c98)c(c%10c%11%12)c%13c%14c32)c1c45. The summed E-state index contributed by atoms with van der Waals surface area (Å²) in [4.78, 5) is 0. The zero-order valence-electron chi connectivity index (χ0n) is 34.4. The lowest BCUT2D eigenvalue weighted by atomic mass is 9.70. The smallest absolute Gasteiger partial charge is 0.0000138 e. The first-order valence-electron chi connectivity index (χ1n) is 22.4. The molecule has 0 aliphatic carbocycles. The fourth-order valence-electron chi connectivity index (χ4n) is 15.5. The number of fused-ring (bicyclic) bond motifs is 7. The van der Waals surface area contributed by atoms with Gasteiger partial charge in [-0.05, 0) is 244 Å². The first-order chi connectivity index (χ1) is 30.5. The third-order valence-corrected chi connectivity index (χ3v) is 17.1. The minimum absolute atomic E-state index is 1.32. The van der Waals surface area contributed by atoms with E-state index >= 15 is 0 Å². The van der Waals surface area contributed by atoms with Crippen LogP contribution in [-0.4, -0.2) is 0 Å². The number of benzene rings is 19. The Bertz CT molecular complexity index is 4940. The molecule has 0 amide bonds. The fraction of sp³-hybridized carbons (Fsp3) is 0.0645. The van der Waals surface area contributed by atoms with Crippen molar-refractivity contribution in [1.29, 1.82) is 0 Å². The van der Waals surface area contributed by atoms with Gasteiger partial charge in [0.15, 0.2) is 0 Å². The van der Waals surface area contributed by atoms with Crippen molar-refractivity contribution in [2.75, 3.05) is 0 Å². The minimum Gasteiger partial charge on any atom is -0.0610 e. The van der Waals surface area contributed by atoms with Crippen LogP contribution in [-0.2, 0) is 0 Å². The van der Waals surface area contributed by atoms with E-state index in [9.17, 15) is 0 Å². The van der Waals surface area contributed by atoms with Crippen LogP contribution in [0.1, 0.15) is 22.3 Å². The second-order valence-corrected chi connectivity index (χ2v) is 19.9. The van der Waals surface area contributed by atoms with Crippen molar-refractivity contribution < 1.29 is 0 Å². The molecule has 0 atom stereocenters. The van der Waals surface area contributed by atoms with Gasteiger partial charge in [0.05, 0.1) is 0 Å². The molecule has 0 radical (unpaired) electrons. The molecule has 0 fully saturated rings. The molecule has 0 heterocycles. The first kappa shape index (κ1) is 29.6. The molecule has 62 heavy (non-hydrogen) atoms. The summed E-state index contributed by atoms with van der Waals surface area (Å²) in [6.07, 6.45) is 0. The van der Waals surface area contributed by atoms with Crippen molar-refractivity contribution in [2.24, 2.45) is 0 Å². The molecule has 0 spiro atoms. The number of hydrogen-bond donors (Lipinski definition) is 0. The number of aryl methyl sites for hydroxylation is 4. The van der Waals surface area contributed by atoms with Gasteiger partial charge in [0, 0.05) is 0 Å². The Kier molecular flexibility index (Phi) is 4.13. The predicted octanol–water partition coefficient (Wildman–Crippen LogP) is 18.1. The van der Waals surface area contributed by atoms with Gasteiger partial charge in [0.25, 0.3) is 0 Å². The van der Waals surface area contributed by atoms with Crippen LogP contribution in [0.25, 0.3) is 194 Å². The molecule has 0 aliphatic heterocycles. The maximum absolute atomic E-state index is 2.60. The lowest BCUT2D eigenvalue weighted by Crippen LogP contribution is -2.03. The quantitative estimate of drug-likeness (QED) is 0.106. The van der Waals surface area contributed by atoms with E-state index in [1.165, 1.54) is 216 Å². The molecule has 0 saturated heterocycles. The van der Waals surface area contributed by atoms with Gasteiger partial charge in [-0.25, -0.2) is 0 Å². The molecule has 0 bridgehead atoms. The van der Waals surface area contributed by atoms with Gasteiger partial charge in [-0.15, -0.1) is 0 Å².